The molecule has 0 N–H and O–H groups in total. The lowest BCUT2D eigenvalue weighted by Gasteiger charge is -2.08. The van der Waals surface area contributed by atoms with Crippen LogP contribution < -0.4 is 0 Å². The van der Waals surface area contributed by atoms with Gasteiger partial charge in [0.05, 0.1) is 0 Å². The molecule has 0 fully saturated rings. The summed E-state index contributed by atoms with van der Waals surface area (Å²) in [4.78, 5) is 21.7. The molecule has 0 spiro atoms. The molecule has 150 valence electrons. The van der Waals surface area contributed by atoms with Crippen molar-refractivity contribution in [2.24, 2.45) is 0 Å². The lowest BCUT2D eigenvalue weighted by molar-refractivity contribution is 0.479. The summed E-state index contributed by atoms with van der Waals surface area (Å²) in [5.41, 5.74) is -0.278. The number of rotatable bonds is 3. The predicted molar refractivity (Wildman–Crippen MR) is 89.3 cm³/mol. The van der Waals surface area contributed by atoms with E-state index in [4.69, 9.17) is 0 Å². The van der Waals surface area contributed by atoms with Gasteiger partial charge in [-0.2, -0.15) is 13.2 Å². The van der Waals surface area contributed by atoms with Gasteiger partial charge in [0.25, 0.3) is 0 Å². The van der Waals surface area contributed by atoms with Crippen molar-refractivity contribution in [3.8, 4) is 34.2 Å². The monoisotopic (exact) mass is 420 g/mol. The Morgan fingerprint density at radius 2 is 0.700 bits per heavy atom. The van der Waals surface area contributed by atoms with E-state index < -0.39 is 35.3 Å². The lowest BCUT2D eigenvalue weighted by Crippen LogP contribution is -2.03. The molecule has 4 aromatic heterocycles. The van der Waals surface area contributed by atoms with E-state index in [0.29, 0.717) is 0 Å². The molecule has 4 heterocycles. The van der Waals surface area contributed by atoms with E-state index >= 15 is 0 Å². The maximum absolute atomic E-state index is 13.6. The maximum atomic E-state index is 13.6. The Kier molecular flexibility index (Phi) is 4.82. The zero-order valence-electron chi connectivity index (χ0n) is 14.4. The molecule has 6 nitrogen and oxygen atoms in total. The van der Waals surface area contributed by atoms with Gasteiger partial charge in [-0.25, -0.2) is 43.1 Å². The quantitative estimate of drug-likeness (QED) is 0.370. The average Bonchev–Trinajstić information content (AvgIpc) is 2.73. The average molecular weight is 420 g/mol. The number of hydrogen-bond donors (Lipinski definition) is 0. The van der Waals surface area contributed by atoms with E-state index in [0.717, 1.165) is 36.8 Å². The van der Waals surface area contributed by atoms with E-state index in [1.807, 2.05) is 0 Å². The number of pyridine rings is 3. The van der Waals surface area contributed by atoms with Crippen molar-refractivity contribution in [1.82, 2.24) is 29.9 Å². The van der Waals surface area contributed by atoms with Gasteiger partial charge in [-0.15, -0.1) is 0 Å². The zero-order valence-corrected chi connectivity index (χ0v) is 14.4. The molecule has 12 heteroatoms. The second kappa shape index (κ2) is 7.46. The highest BCUT2D eigenvalue weighted by Gasteiger charge is 2.17. The molecule has 0 saturated carbocycles. The third kappa shape index (κ3) is 3.66. The molecule has 0 atom stereocenters. The van der Waals surface area contributed by atoms with Crippen LogP contribution in [0.15, 0.2) is 36.8 Å². The molecule has 0 aromatic carbocycles. The summed E-state index contributed by atoms with van der Waals surface area (Å²) in [7, 11) is 0. The normalized spacial score (nSPS) is 11.0. The number of hydrogen-bond acceptors (Lipinski definition) is 6. The Bertz CT molecular complexity index is 1110. The van der Waals surface area contributed by atoms with E-state index in [1.54, 1.807) is 0 Å². The highest BCUT2D eigenvalue weighted by molar-refractivity contribution is 5.65. The fourth-order valence-corrected chi connectivity index (χ4v) is 2.39. The molecule has 0 amide bonds. The minimum absolute atomic E-state index is 0.0927. The van der Waals surface area contributed by atoms with Crippen LogP contribution in [0.1, 0.15) is 0 Å². The second-order valence-electron chi connectivity index (χ2n) is 5.80. The first-order valence-corrected chi connectivity index (χ1v) is 8.02. The predicted octanol–water partition coefficient (Wildman–Crippen LogP) is 3.89. The van der Waals surface area contributed by atoms with Gasteiger partial charge in [-0.1, -0.05) is 0 Å². The van der Waals surface area contributed by atoms with Crippen LogP contribution in [0.2, 0.25) is 0 Å². The van der Waals surface area contributed by atoms with Crippen molar-refractivity contribution in [2.45, 2.75) is 0 Å². The fourth-order valence-electron chi connectivity index (χ4n) is 2.39. The molecule has 4 aromatic rings. The summed E-state index contributed by atoms with van der Waals surface area (Å²) in [6, 6.07) is 2.24. The lowest BCUT2D eigenvalue weighted by atomic mass is 10.2. The standard InChI is InChI=1S/C18H6F6N6/c19-10-1-7(4-25-13(10)22)16-28-17(8-2-11(20)14(23)26-5-8)30-18(29-16)9-3-12(21)15(24)27-6-9/h1-6H. The van der Waals surface area contributed by atoms with Gasteiger partial charge in [0.1, 0.15) is 0 Å². The molecule has 0 aliphatic rings. The third-order valence-electron chi connectivity index (χ3n) is 3.80. The van der Waals surface area contributed by atoms with Crippen LogP contribution in [0.3, 0.4) is 0 Å². The van der Waals surface area contributed by atoms with Gasteiger partial charge >= 0.3 is 0 Å². The first-order valence-electron chi connectivity index (χ1n) is 8.02. The fraction of sp³-hybridized carbons (Fsp3) is 0. The van der Waals surface area contributed by atoms with Crippen molar-refractivity contribution < 1.29 is 26.3 Å². The molecular weight excluding hydrogens is 414 g/mol. The second-order valence-corrected chi connectivity index (χ2v) is 5.80. The molecular formula is C18H6F6N6. The minimum Gasteiger partial charge on any atom is -0.225 e. The van der Waals surface area contributed by atoms with Crippen LogP contribution in [0.4, 0.5) is 26.3 Å². The molecule has 0 radical (unpaired) electrons. The number of nitrogens with zero attached hydrogens (tertiary/aromatic N) is 6. The van der Waals surface area contributed by atoms with Gasteiger partial charge in [-0.3, -0.25) is 0 Å². The first kappa shape index (κ1) is 19.4. The Labute approximate surface area is 163 Å². The van der Waals surface area contributed by atoms with Gasteiger partial charge in [-0.05, 0) is 18.2 Å². The van der Waals surface area contributed by atoms with Crippen molar-refractivity contribution in [1.29, 1.82) is 0 Å². The summed E-state index contributed by atoms with van der Waals surface area (Å²) < 4.78 is 80.3. The Hall–Kier alpha value is -3.96. The highest BCUT2D eigenvalue weighted by atomic mass is 19.2. The van der Waals surface area contributed by atoms with Gasteiger partial charge in [0.2, 0.25) is 17.8 Å². The zero-order chi connectivity index (χ0) is 21.4. The van der Waals surface area contributed by atoms with Crippen molar-refractivity contribution >= 4 is 0 Å². The van der Waals surface area contributed by atoms with Gasteiger partial charge in [0, 0.05) is 35.3 Å². The molecule has 0 aliphatic heterocycles. The van der Waals surface area contributed by atoms with E-state index in [1.165, 1.54) is 0 Å². The summed E-state index contributed by atoms with van der Waals surface area (Å²) in [6.07, 6.45) is 2.77. The van der Waals surface area contributed by atoms with Crippen molar-refractivity contribution in [3.63, 3.8) is 0 Å². The largest absolute Gasteiger partial charge is 0.248 e. The first-order chi connectivity index (χ1) is 14.3. The Morgan fingerprint density at radius 3 is 0.933 bits per heavy atom. The summed E-state index contributed by atoms with van der Waals surface area (Å²) in [6.45, 7) is 0. The van der Waals surface area contributed by atoms with Crippen LogP contribution in [-0.2, 0) is 0 Å². The van der Waals surface area contributed by atoms with Crippen molar-refractivity contribution in [3.05, 3.63) is 72.1 Å². The van der Waals surface area contributed by atoms with Crippen LogP contribution in [-0.4, -0.2) is 29.9 Å². The third-order valence-corrected chi connectivity index (χ3v) is 3.80. The summed E-state index contributed by atoms with van der Waals surface area (Å²) >= 11 is 0. The van der Waals surface area contributed by atoms with Gasteiger partial charge in [0.15, 0.2) is 34.9 Å². The molecule has 4 rings (SSSR count). The smallest absolute Gasteiger partial charge is 0.225 e. The molecule has 0 bridgehead atoms. The van der Waals surface area contributed by atoms with E-state index in [9.17, 15) is 26.3 Å². The summed E-state index contributed by atoms with van der Waals surface area (Å²) in [5.74, 6) is -8.71. The van der Waals surface area contributed by atoms with Crippen molar-refractivity contribution in [2.75, 3.05) is 0 Å². The van der Waals surface area contributed by atoms with E-state index in [-0.39, 0.29) is 34.2 Å². The van der Waals surface area contributed by atoms with Crippen LogP contribution in [0.5, 0.6) is 0 Å². The molecule has 30 heavy (non-hydrogen) atoms. The summed E-state index contributed by atoms with van der Waals surface area (Å²) in [5, 5.41) is 0. The Balaban J connectivity index is 1.94. The van der Waals surface area contributed by atoms with Crippen LogP contribution in [0.25, 0.3) is 34.2 Å². The number of halogens is 6. The minimum atomic E-state index is -1.36. The topological polar surface area (TPSA) is 77.3 Å². The Morgan fingerprint density at radius 1 is 0.433 bits per heavy atom. The van der Waals surface area contributed by atoms with Gasteiger partial charge < -0.3 is 0 Å². The highest BCUT2D eigenvalue weighted by Crippen LogP contribution is 2.25. The van der Waals surface area contributed by atoms with Crippen LogP contribution >= 0.6 is 0 Å². The molecule has 0 aliphatic carbocycles. The molecule has 0 unspecified atom stereocenters. The maximum Gasteiger partial charge on any atom is 0.248 e. The van der Waals surface area contributed by atoms with E-state index in [2.05, 4.69) is 29.9 Å². The van der Waals surface area contributed by atoms with Crippen LogP contribution in [0, 0.1) is 35.3 Å². The SMILES string of the molecule is Fc1cc(-c2nc(-c3cnc(F)c(F)c3)nc(-c3cnc(F)c(F)c3)n2)cnc1F. The number of aromatic nitrogens is 6. The molecule has 0 saturated heterocycles.